The van der Waals surface area contributed by atoms with E-state index < -0.39 is 0 Å². The van der Waals surface area contributed by atoms with Gasteiger partial charge in [-0.3, -0.25) is 4.99 Å². The highest BCUT2D eigenvalue weighted by Gasteiger charge is 2.28. The highest BCUT2D eigenvalue weighted by Crippen LogP contribution is 2.26. The van der Waals surface area contributed by atoms with Gasteiger partial charge in [-0.05, 0) is 26.1 Å². The zero-order valence-corrected chi connectivity index (χ0v) is 7.51. The van der Waals surface area contributed by atoms with Crippen LogP contribution in [0.15, 0.2) is 29.4 Å². The van der Waals surface area contributed by atoms with Crippen LogP contribution in [-0.2, 0) is 0 Å². The Morgan fingerprint density at radius 2 is 2.17 bits per heavy atom. The molecule has 12 heavy (non-hydrogen) atoms. The zero-order valence-electron chi connectivity index (χ0n) is 7.51. The lowest BCUT2D eigenvalue weighted by Gasteiger charge is -2.29. The number of fused-ring (bicyclic) bond motifs is 1. The van der Waals surface area contributed by atoms with Gasteiger partial charge in [0.2, 0.25) is 0 Å². The summed E-state index contributed by atoms with van der Waals surface area (Å²) < 4.78 is 0. The maximum Gasteiger partial charge on any atom is 0.130 e. The van der Waals surface area contributed by atoms with Gasteiger partial charge in [0.15, 0.2) is 0 Å². The fourth-order valence-corrected chi connectivity index (χ4v) is 1.72. The Morgan fingerprint density at radius 3 is 2.92 bits per heavy atom. The second-order valence-corrected chi connectivity index (χ2v) is 3.56. The third-order valence-corrected chi connectivity index (χ3v) is 2.38. The summed E-state index contributed by atoms with van der Waals surface area (Å²) >= 11 is 0. The highest BCUT2D eigenvalue weighted by atomic mass is 15.3. The van der Waals surface area contributed by atoms with E-state index in [9.17, 15) is 0 Å². The van der Waals surface area contributed by atoms with Gasteiger partial charge in [0, 0.05) is 18.2 Å². The number of hydrogen-bond donors (Lipinski definition) is 0. The Morgan fingerprint density at radius 1 is 1.33 bits per heavy atom. The van der Waals surface area contributed by atoms with Crippen LogP contribution in [0.5, 0.6) is 0 Å². The van der Waals surface area contributed by atoms with Crippen LogP contribution in [0.4, 0.5) is 0 Å². The Kier molecular flexibility index (Phi) is 1.75. The molecule has 0 fully saturated rings. The van der Waals surface area contributed by atoms with Crippen LogP contribution in [0.2, 0.25) is 0 Å². The molecule has 0 aromatic carbocycles. The van der Waals surface area contributed by atoms with Crippen molar-refractivity contribution in [2.45, 2.75) is 26.1 Å². The van der Waals surface area contributed by atoms with Crippen LogP contribution in [0, 0.1) is 5.92 Å². The molecule has 0 aliphatic carbocycles. The molecule has 0 radical (unpaired) electrons. The third-order valence-electron chi connectivity index (χ3n) is 2.38. The standard InChI is InChI=1S/C10H14N2/c1-8(2)12-7-5-9-4-3-6-11-10(9)12/h3-10H,1-2H3. The number of rotatable bonds is 1. The van der Waals surface area contributed by atoms with E-state index in [1.807, 2.05) is 12.3 Å². The normalized spacial score (nSPS) is 31.8. The number of hydrogen-bond acceptors (Lipinski definition) is 2. The van der Waals surface area contributed by atoms with E-state index in [0.717, 1.165) is 0 Å². The molecule has 0 N–H and O–H groups in total. The van der Waals surface area contributed by atoms with Gasteiger partial charge < -0.3 is 4.90 Å². The Labute approximate surface area is 73.3 Å². The van der Waals surface area contributed by atoms with Crippen LogP contribution in [0.1, 0.15) is 13.8 Å². The van der Waals surface area contributed by atoms with Gasteiger partial charge in [0.1, 0.15) is 6.17 Å². The van der Waals surface area contributed by atoms with Gasteiger partial charge in [-0.25, -0.2) is 0 Å². The molecular weight excluding hydrogens is 148 g/mol. The van der Waals surface area contributed by atoms with Crippen molar-refractivity contribution in [1.29, 1.82) is 0 Å². The summed E-state index contributed by atoms with van der Waals surface area (Å²) in [5.74, 6) is 0.498. The second-order valence-electron chi connectivity index (χ2n) is 3.56. The minimum absolute atomic E-state index is 0.329. The largest absolute Gasteiger partial charge is 0.353 e. The lowest BCUT2D eigenvalue weighted by molar-refractivity contribution is 0.233. The molecule has 0 aromatic rings. The molecule has 2 aliphatic rings. The smallest absolute Gasteiger partial charge is 0.130 e. The minimum atomic E-state index is 0.329. The molecule has 64 valence electrons. The first-order chi connectivity index (χ1) is 5.79. The van der Waals surface area contributed by atoms with Crippen molar-refractivity contribution < 1.29 is 0 Å². The van der Waals surface area contributed by atoms with Gasteiger partial charge in [0.05, 0.1) is 0 Å². The molecular formula is C10H14N2. The maximum atomic E-state index is 4.45. The lowest BCUT2D eigenvalue weighted by atomic mass is 10.1. The predicted octanol–water partition coefficient (Wildman–Crippen LogP) is 1.81. The van der Waals surface area contributed by atoms with Gasteiger partial charge in [0.25, 0.3) is 0 Å². The van der Waals surface area contributed by atoms with E-state index in [2.05, 4.69) is 42.1 Å². The van der Waals surface area contributed by atoms with Gasteiger partial charge in [-0.15, -0.1) is 0 Å². The molecule has 2 unspecified atom stereocenters. The topological polar surface area (TPSA) is 15.6 Å². The maximum absolute atomic E-state index is 4.45. The van der Waals surface area contributed by atoms with Crippen molar-refractivity contribution in [3.8, 4) is 0 Å². The molecule has 2 rings (SSSR count). The van der Waals surface area contributed by atoms with Crippen molar-refractivity contribution in [1.82, 2.24) is 4.90 Å². The van der Waals surface area contributed by atoms with E-state index in [4.69, 9.17) is 0 Å². The predicted molar refractivity (Wildman–Crippen MR) is 51.0 cm³/mol. The molecule has 2 heteroatoms. The Balaban J connectivity index is 2.18. The van der Waals surface area contributed by atoms with Gasteiger partial charge in [-0.1, -0.05) is 12.2 Å². The summed E-state index contributed by atoms with van der Waals surface area (Å²) in [6.45, 7) is 4.39. The Hall–Kier alpha value is -1.05. The van der Waals surface area contributed by atoms with Crippen LogP contribution in [0.25, 0.3) is 0 Å². The average Bonchev–Trinajstić information content (AvgIpc) is 2.47. The highest BCUT2D eigenvalue weighted by molar-refractivity contribution is 5.72. The summed E-state index contributed by atoms with van der Waals surface area (Å²) in [4.78, 5) is 6.74. The first-order valence-electron chi connectivity index (χ1n) is 4.45. The van der Waals surface area contributed by atoms with Crippen molar-refractivity contribution in [2.24, 2.45) is 10.9 Å². The van der Waals surface area contributed by atoms with E-state index in [1.54, 1.807) is 0 Å². The van der Waals surface area contributed by atoms with E-state index in [-0.39, 0.29) is 0 Å². The van der Waals surface area contributed by atoms with E-state index in [1.165, 1.54) is 0 Å². The summed E-state index contributed by atoms with van der Waals surface area (Å²) in [7, 11) is 0. The van der Waals surface area contributed by atoms with Crippen molar-refractivity contribution in [2.75, 3.05) is 0 Å². The molecule has 0 saturated carbocycles. The fourth-order valence-electron chi connectivity index (χ4n) is 1.72. The summed E-state index contributed by atoms with van der Waals surface area (Å²) in [5, 5.41) is 0. The third kappa shape index (κ3) is 1.07. The molecule has 2 atom stereocenters. The minimum Gasteiger partial charge on any atom is -0.353 e. The molecule has 0 saturated heterocycles. The number of aliphatic imine (C=N–C) groups is 1. The zero-order chi connectivity index (χ0) is 8.55. The van der Waals surface area contributed by atoms with Gasteiger partial charge >= 0.3 is 0 Å². The monoisotopic (exact) mass is 162 g/mol. The molecule has 0 aromatic heterocycles. The van der Waals surface area contributed by atoms with E-state index in [0.29, 0.717) is 18.1 Å². The first kappa shape index (κ1) is 7.59. The Bertz CT molecular complexity index is 251. The number of dihydropyridines is 1. The molecule has 2 heterocycles. The van der Waals surface area contributed by atoms with Crippen molar-refractivity contribution in [3.05, 3.63) is 24.4 Å². The van der Waals surface area contributed by atoms with Crippen molar-refractivity contribution in [3.63, 3.8) is 0 Å². The molecule has 2 aliphatic heterocycles. The van der Waals surface area contributed by atoms with Crippen molar-refractivity contribution >= 4 is 6.21 Å². The van der Waals surface area contributed by atoms with Crippen LogP contribution in [0.3, 0.4) is 0 Å². The number of allylic oxidation sites excluding steroid dienone is 1. The number of nitrogens with zero attached hydrogens (tertiary/aromatic N) is 2. The molecule has 0 amide bonds. The second kappa shape index (κ2) is 2.77. The molecule has 0 spiro atoms. The first-order valence-corrected chi connectivity index (χ1v) is 4.45. The van der Waals surface area contributed by atoms with E-state index >= 15 is 0 Å². The summed E-state index contributed by atoms with van der Waals surface area (Å²) in [6.07, 6.45) is 10.8. The van der Waals surface area contributed by atoms with Crippen LogP contribution in [-0.4, -0.2) is 23.3 Å². The van der Waals surface area contributed by atoms with Crippen LogP contribution >= 0.6 is 0 Å². The lowest BCUT2D eigenvalue weighted by Crippen LogP contribution is -2.35. The summed E-state index contributed by atoms with van der Waals surface area (Å²) in [5.41, 5.74) is 0. The quantitative estimate of drug-likeness (QED) is 0.574. The fraction of sp³-hybridized carbons (Fsp3) is 0.500. The summed E-state index contributed by atoms with van der Waals surface area (Å²) in [6, 6.07) is 0.542. The molecule has 2 nitrogen and oxygen atoms in total. The van der Waals surface area contributed by atoms with Gasteiger partial charge in [-0.2, -0.15) is 0 Å². The van der Waals surface area contributed by atoms with Crippen LogP contribution < -0.4 is 0 Å². The molecule has 0 bridgehead atoms. The SMILES string of the molecule is CC(C)N1C=CC2C=CC=NC21. The average molecular weight is 162 g/mol.